The number of hydrogen-bond donors (Lipinski definition) is 1. The Kier molecular flexibility index (Phi) is 6.11. The molecule has 3 aliphatic heterocycles. The number of hydrogen-bond acceptors (Lipinski definition) is 9. The number of nitrogens with one attached hydrogen (secondary N) is 1. The van der Waals surface area contributed by atoms with Crippen molar-refractivity contribution in [2.75, 3.05) is 24.6 Å². The van der Waals surface area contributed by atoms with Gasteiger partial charge in [-0.2, -0.15) is 4.98 Å². The number of nitrogens with zero attached hydrogens (tertiary/aromatic N) is 5. The molecule has 230 valence electrons. The Labute approximate surface area is 269 Å². The third kappa shape index (κ3) is 4.54. The summed E-state index contributed by atoms with van der Waals surface area (Å²) in [6, 6.07) is 16.0. The Bertz CT molecular complexity index is 1990. The number of anilines is 1. The van der Waals surface area contributed by atoms with Crippen molar-refractivity contribution in [1.29, 1.82) is 0 Å². The Hall–Kier alpha value is -3.93. The zero-order valence-electron chi connectivity index (χ0n) is 24.7. The molecule has 1 spiro atoms. The second-order valence-corrected chi connectivity index (χ2v) is 13.5. The number of fused-ring (bicyclic) bond motifs is 2. The first-order valence-electron chi connectivity index (χ1n) is 15.4. The first-order valence-corrected chi connectivity index (χ1v) is 16.2. The number of ether oxygens (including phenoxy) is 3. The highest BCUT2D eigenvalue weighted by Gasteiger charge is 2.58. The number of para-hydroxylation sites is 1. The third-order valence-electron chi connectivity index (χ3n) is 10.0. The van der Waals surface area contributed by atoms with Crippen molar-refractivity contribution < 1.29 is 18.7 Å². The highest BCUT2D eigenvalue weighted by molar-refractivity contribution is 7.71. The topological polar surface area (TPSA) is 103 Å². The summed E-state index contributed by atoms with van der Waals surface area (Å²) in [7, 11) is 0. The summed E-state index contributed by atoms with van der Waals surface area (Å²) in [5.74, 6) is 2.69. The second kappa shape index (κ2) is 10.0. The fourth-order valence-corrected chi connectivity index (χ4v) is 7.54. The number of aromatic nitrogens is 5. The van der Waals surface area contributed by atoms with E-state index in [9.17, 15) is 0 Å². The van der Waals surface area contributed by atoms with E-state index in [2.05, 4.69) is 42.8 Å². The highest BCUT2D eigenvalue weighted by atomic mass is 35.5. The fourth-order valence-electron chi connectivity index (χ4n) is 7.30. The molecule has 3 atom stereocenters. The van der Waals surface area contributed by atoms with Crippen molar-refractivity contribution in [1.82, 2.24) is 24.7 Å². The molecular formula is C33H31ClN6O4S. The molecule has 4 aliphatic rings. The molecule has 3 aromatic heterocycles. The van der Waals surface area contributed by atoms with Gasteiger partial charge in [-0.1, -0.05) is 17.7 Å². The average Bonchev–Trinajstić information content (AvgIpc) is 3.31. The summed E-state index contributed by atoms with van der Waals surface area (Å²) in [6.45, 7) is 5.40. The van der Waals surface area contributed by atoms with Crippen molar-refractivity contribution in [3.05, 3.63) is 76.1 Å². The molecule has 5 aromatic rings. The number of halogens is 1. The summed E-state index contributed by atoms with van der Waals surface area (Å²) in [6.07, 6.45) is 6.22. The van der Waals surface area contributed by atoms with Crippen LogP contribution in [0, 0.1) is 10.3 Å². The summed E-state index contributed by atoms with van der Waals surface area (Å²) in [4.78, 5) is 16.6. The maximum atomic E-state index is 6.50. The molecule has 1 N–H and O–H groups in total. The lowest BCUT2D eigenvalue weighted by molar-refractivity contribution is -0.0716. The summed E-state index contributed by atoms with van der Waals surface area (Å²) in [5.41, 5.74) is 4.99. The third-order valence-corrected chi connectivity index (χ3v) is 10.4. The maximum Gasteiger partial charge on any atom is 0.314 e. The van der Waals surface area contributed by atoms with E-state index in [1.165, 1.54) is 5.82 Å². The van der Waals surface area contributed by atoms with Crippen molar-refractivity contribution in [2.24, 2.45) is 5.41 Å². The van der Waals surface area contributed by atoms with Crippen molar-refractivity contribution >= 4 is 40.5 Å². The van der Waals surface area contributed by atoms with Gasteiger partial charge in [-0.25, -0.2) is 10.1 Å². The first kappa shape index (κ1) is 27.4. The van der Waals surface area contributed by atoms with Crippen LogP contribution in [0.5, 0.6) is 11.5 Å². The van der Waals surface area contributed by atoms with Gasteiger partial charge in [0.25, 0.3) is 5.79 Å². The Balaban J connectivity index is 0.965. The van der Waals surface area contributed by atoms with Crippen LogP contribution in [0.4, 0.5) is 5.69 Å². The van der Waals surface area contributed by atoms with Gasteiger partial charge in [-0.15, -0.1) is 0 Å². The predicted octanol–water partition coefficient (Wildman–Crippen LogP) is 7.00. The first-order chi connectivity index (χ1) is 21.9. The molecule has 9 rings (SSSR count). The van der Waals surface area contributed by atoms with Crippen LogP contribution >= 0.6 is 23.8 Å². The molecule has 0 radical (unpaired) electrons. The van der Waals surface area contributed by atoms with Crippen molar-refractivity contribution in [3.8, 4) is 22.9 Å². The number of piperidine rings is 1. The number of rotatable bonds is 6. The summed E-state index contributed by atoms with van der Waals surface area (Å²) in [5, 5.41) is 3.41. The summed E-state index contributed by atoms with van der Waals surface area (Å²) >= 11 is 11.2. The lowest BCUT2D eigenvalue weighted by Crippen LogP contribution is -2.36. The van der Waals surface area contributed by atoms with E-state index in [1.807, 2.05) is 31.2 Å². The maximum absolute atomic E-state index is 6.50. The standard InChI is InChI=1S/C33H31ClN6O4S/c1-32(27-8-6-20(34)17-35-27)42-26-4-2-3-24(28(26)43-32)39-12-10-33(11-13-39)16-22(33)30-36-23-7-5-19(29-37-31(45)44-38-29)15-25(23)40(30)18-21-9-14-41-21/h2-8,15,17,21-22H,9-14,16,18H2,1H3,(H,37,38,45)/t21-,22+,32+/m1/s1. The van der Waals surface area contributed by atoms with Crippen LogP contribution in [0.1, 0.15) is 50.0 Å². The zero-order chi connectivity index (χ0) is 30.3. The SMILES string of the molecule is C[C@]1(c2ccc(Cl)cn2)Oc2cccc(N3CCC4(CC3)C[C@H]4c3nc4ccc(-c5nc(=S)o[nH]5)cc4n3C[C@H]3CCO3)c2O1. The minimum atomic E-state index is -1.01. The van der Waals surface area contributed by atoms with Crippen LogP contribution < -0.4 is 14.4 Å². The van der Waals surface area contributed by atoms with Crippen LogP contribution in [-0.2, 0) is 17.1 Å². The molecule has 6 heterocycles. The molecule has 2 saturated heterocycles. The molecule has 12 heteroatoms. The largest absolute Gasteiger partial charge is 0.443 e. The monoisotopic (exact) mass is 642 g/mol. The van der Waals surface area contributed by atoms with Crippen molar-refractivity contribution in [2.45, 2.75) is 57.0 Å². The van der Waals surface area contributed by atoms with E-state index in [-0.39, 0.29) is 16.4 Å². The molecule has 2 aromatic carbocycles. The molecular weight excluding hydrogens is 612 g/mol. The lowest BCUT2D eigenvalue weighted by Gasteiger charge is -2.35. The van der Waals surface area contributed by atoms with Gasteiger partial charge >= 0.3 is 4.84 Å². The minimum Gasteiger partial charge on any atom is -0.443 e. The summed E-state index contributed by atoms with van der Waals surface area (Å²) < 4.78 is 26.3. The van der Waals surface area contributed by atoms with Crippen LogP contribution in [0.25, 0.3) is 22.4 Å². The Morgan fingerprint density at radius 1 is 1.09 bits per heavy atom. The van der Waals surface area contributed by atoms with Crippen LogP contribution in [0.2, 0.25) is 5.02 Å². The van der Waals surface area contributed by atoms with Gasteiger partial charge in [-0.05, 0) is 85.8 Å². The number of aromatic amines is 1. The number of H-pyrrole nitrogens is 1. The average molecular weight is 643 g/mol. The molecule has 1 aliphatic carbocycles. The van der Waals surface area contributed by atoms with Gasteiger partial charge in [-0.3, -0.25) is 4.98 Å². The normalized spacial score (nSPS) is 24.7. The van der Waals surface area contributed by atoms with Gasteiger partial charge < -0.3 is 28.2 Å². The number of imidazole rings is 1. The second-order valence-electron chi connectivity index (χ2n) is 12.7. The smallest absolute Gasteiger partial charge is 0.314 e. The highest BCUT2D eigenvalue weighted by Crippen LogP contribution is 2.65. The zero-order valence-corrected chi connectivity index (χ0v) is 26.2. The van der Waals surface area contributed by atoms with E-state index in [0.717, 1.165) is 85.7 Å². The van der Waals surface area contributed by atoms with E-state index in [0.29, 0.717) is 22.5 Å². The number of benzene rings is 2. The number of pyridine rings is 1. The molecule has 1 saturated carbocycles. The predicted molar refractivity (Wildman–Crippen MR) is 170 cm³/mol. The van der Waals surface area contributed by atoms with E-state index < -0.39 is 5.79 Å². The van der Waals surface area contributed by atoms with E-state index >= 15 is 0 Å². The van der Waals surface area contributed by atoms with E-state index in [1.54, 1.807) is 12.3 Å². The van der Waals surface area contributed by atoms with Crippen LogP contribution in [0.15, 0.2) is 59.3 Å². The van der Waals surface area contributed by atoms with Crippen LogP contribution in [0.3, 0.4) is 0 Å². The Morgan fingerprint density at radius 3 is 2.69 bits per heavy atom. The Morgan fingerprint density at radius 2 is 1.96 bits per heavy atom. The van der Waals surface area contributed by atoms with Gasteiger partial charge in [0.15, 0.2) is 17.3 Å². The quantitative estimate of drug-likeness (QED) is 0.196. The van der Waals surface area contributed by atoms with Gasteiger partial charge in [0, 0.05) is 44.3 Å². The molecule has 10 nitrogen and oxygen atoms in total. The molecule has 0 unspecified atom stereocenters. The van der Waals surface area contributed by atoms with Gasteiger partial charge in [0.2, 0.25) is 0 Å². The van der Waals surface area contributed by atoms with E-state index in [4.69, 9.17) is 47.5 Å². The van der Waals surface area contributed by atoms with Crippen molar-refractivity contribution in [3.63, 3.8) is 0 Å². The molecule has 3 fully saturated rings. The van der Waals surface area contributed by atoms with Gasteiger partial charge in [0.1, 0.15) is 11.5 Å². The molecule has 45 heavy (non-hydrogen) atoms. The minimum absolute atomic E-state index is 0.195. The van der Waals surface area contributed by atoms with Crippen LogP contribution in [-0.4, -0.2) is 50.5 Å². The van der Waals surface area contributed by atoms with Gasteiger partial charge in [0.05, 0.1) is 34.4 Å². The fraction of sp³-hybridized carbons (Fsp3) is 0.394. The molecule has 0 amide bonds. The molecule has 0 bridgehead atoms. The lowest BCUT2D eigenvalue weighted by atomic mass is 9.90.